The van der Waals surface area contributed by atoms with Crippen LogP contribution in [0.1, 0.15) is 42.5 Å². The monoisotopic (exact) mass is 327 g/mol. The molecule has 0 unspecified atom stereocenters. The van der Waals surface area contributed by atoms with Crippen molar-refractivity contribution in [2.75, 3.05) is 20.1 Å². The second kappa shape index (κ2) is 7.62. The second-order valence-electron chi connectivity index (χ2n) is 6.61. The van der Waals surface area contributed by atoms with Gasteiger partial charge in [-0.1, -0.05) is 31.4 Å². The molecule has 2 aromatic rings. The Morgan fingerprint density at radius 1 is 1.25 bits per heavy atom. The molecule has 128 valence electrons. The van der Waals surface area contributed by atoms with E-state index >= 15 is 0 Å². The van der Waals surface area contributed by atoms with Gasteiger partial charge in [0.05, 0.1) is 0 Å². The summed E-state index contributed by atoms with van der Waals surface area (Å²) in [6.45, 7) is 1.36. The average Bonchev–Trinajstić information content (AvgIpc) is 2.62. The largest absolute Gasteiger partial charge is 0.360 e. The molecular formula is C19H25N3O2. The highest BCUT2D eigenvalue weighted by molar-refractivity contribution is 5.97. The zero-order valence-electron chi connectivity index (χ0n) is 14.2. The van der Waals surface area contributed by atoms with Crippen LogP contribution in [0.15, 0.2) is 35.3 Å². The van der Waals surface area contributed by atoms with E-state index in [-0.39, 0.29) is 16.9 Å². The average molecular weight is 327 g/mol. The van der Waals surface area contributed by atoms with Crippen molar-refractivity contribution < 1.29 is 4.79 Å². The van der Waals surface area contributed by atoms with Crippen LogP contribution in [-0.4, -0.2) is 42.0 Å². The Morgan fingerprint density at radius 2 is 2.00 bits per heavy atom. The number of fused-ring (bicyclic) bond motifs is 1. The summed E-state index contributed by atoms with van der Waals surface area (Å²) in [5, 5.41) is 3.42. The number of nitrogens with zero attached hydrogens (tertiary/aromatic N) is 1. The number of likely N-dealkylation sites (N-methyl/N-ethyl adjacent to an activating group) is 1. The zero-order chi connectivity index (χ0) is 16.9. The molecule has 24 heavy (non-hydrogen) atoms. The van der Waals surface area contributed by atoms with E-state index in [1.807, 2.05) is 12.1 Å². The molecule has 2 N–H and O–H groups in total. The molecule has 1 aromatic carbocycles. The molecule has 0 aliphatic heterocycles. The Morgan fingerprint density at radius 3 is 2.79 bits per heavy atom. The normalized spacial score (nSPS) is 15.8. The number of carbonyl (C=O) groups excluding carboxylic acids is 1. The van der Waals surface area contributed by atoms with Crippen LogP contribution in [0.3, 0.4) is 0 Å². The minimum absolute atomic E-state index is 0.175. The fraction of sp³-hybridized carbons (Fsp3) is 0.474. The molecule has 1 aliphatic rings. The van der Waals surface area contributed by atoms with E-state index in [9.17, 15) is 9.59 Å². The topological polar surface area (TPSA) is 65.2 Å². The first-order valence-electron chi connectivity index (χ1n) is 8.75. The van der Waals surface area contributed by atoms with Crippen LogP contribution < -0.4 is 10.7 Å². The Balaban J connectivity index is 1.59. The summed E-state index contributed by atoms with van der Waals surface area (Å²) in [5.41, 5.74) is 0.701. The lowest BCUT2D eigenvalue weighted by Crippen LogP contribution is -2.40. The summed E-state index contributed by atoms with van der Waals surface area (Å²) >= 11 is 0. The lowest BCUT2D eigenvalue weighted by Gasteiger charge is -2.31. The standard InChI is InChI=1S/C19H25N3O2/c1-22(14-7-3-2-4-8-14)12-11-20-19(24)16-13-21-17-10-6-5-9-15(17)18(16)23/h5-6,9-10,13-14H,2-4,7-8,11-12H2,1H3,(H,20,24)(H,21,23). The number of para-hydroxylation sites is 1. The molecule has 1 saturated carbocycles. The molecule has 0 saturated heterocycles. The molecule has 0 radical (unpaired) electrons. The summed E-state index contributed by atoms with van der Waals surface area (Å²) in [7, 11) is 2.12. The van der Waals surface area contributed by atoms with Crippen molar-refractivity contribution in [3.63, 3.8) is 0 Å². The maximum absolute atomic E-state index is 12.4. The molecule has 1 fully saturated rings. The maximum atomic E-state index is 12.4. The molecule has 0 atom stereocenters. The van der Waals surface area contributed by atoms with E-state index in [0.29, 0.717) is 18.0 Å². The third-order valence-corrected chi connectivity index (χ3v) is 4.98. The van der Waals surface area contributed by atoms with Crippen LogP contribution in [-0.2, 0) is 0 Å². The van der Waals surface area contributed by atoms with E-state index in [1.54, 1.807) is 12.1 Å². The summed E-state index contributed by atoms with van der Waals surface area (Å²) in [5.74, 6) is -0.306. The number of rotatable bonds is 5. The smallest absolute Gasteiger partial charge is 0.256 e. The van der Waals surface area contributed by atoms with Gasteiger partial charge in [0, 0.05) is 36.2 Å². The fourth-order valence-electron chi connectivity index (χ4n) is 3.48. The van der Waals surface area contributed by atoms with E-state index in [1.165, 1.54) is 38.3 Å². The van der Waals surface area contributed by atoms with Crippen LogP contribution in [0.4, 0.5) is 0 Å². The van der Waals surface area contributed by atoms with Gasteiger partial charge in [-0.25, -0.2) is 0 Å². The highest BCUT2D eigenvalue weighted by atomic mass is 16.2. The number of hydrogen-bond acceptors (Lipinski definition) is 3. The molecule has 1 amide bonds. The zero-order valence-corrected chi connectivity index (χ0v) is 14.2. The van der Waals surface area contributed by atoms with Crippen LogP contribution in [0, 0.1) is 0 Å². The van der Waals surface area contributed by atoms with Crippen molar-refractivity contribution in [2.45, 2.75) is 38.1 Å². The Labute approximate surface area is 142 Å². The first-order valence-corrected chi connectivity index (χ1v) is 8.75. The Hall–Kier alpha value is -2.14. The number of hydrogen-bond donors (Lipinski definition) is 2. The van der Waals surface area contributed by atoms with Crippen LogP contribution in [0.5, 0.6) is 0 Å². The summed E-state index contributed by atoms with van der Waals surface area (Å²) in [6, 6.07) is 7.86. The lowest BCUT2D eigenvalue weighted by atomic mass is 9.94. The van der Waals surface area contributed by atoms with Gasteiger partial charge >= 0.3 is 0 Å². The maximum Gasteiger partial charge on any atom is 0.256 e. The molecular weight excluding hydrogens is 302 g/mol. The van der Waals surface area contributed by atoms with Crippen molar-refractivity contribution >= 4 is 16.8 Å². The highest BCUT2D eigenvalue weighted by Gasteiger charge is 2.18. The number of pyridine rings is 1. The molecule has 5 heteroatoms. The van der Waals surface area contributed by atoms with Crippen LogP contribution in [0.25, 0.3) is 10.9 Å². The van der Waals surface area contributed by atoms with E-state index < -0.39 is 0 Å². The number of carbonyl (C=O) groups is 1. The van der Waals surface area contributed by atoms with Crippen molar-refractivity contribution in [2.24, 2.45) is 0 Å². The molecule has 0 bridgehead atoms. The van der Waals surface area contributed by atoms with Gasteiger partial charge in [-0.3, -0.25) is 9.59 Å². The van der Waals surface area contributed by atoms with Gasteiger partial charge in [0.2, 0.25) is 5.43 Å². The van der Waals surface area contributed by atoms with Gasteiger partial charge < -0.3 is 15.2 Å². The van der Waals surface area contributed by atoms with Crippen LogP contribution >= 0.6 is 0 Å². The van der Waals surface area contributed by atoms with Crippen molar-refractivity contribution in [3.05, 3.63) is 46.2 Å². The SMILES string of the molecule is CN(CCNC(=O)c1c[nH]c2ccccc2c1=O)C1CCCCC1. The second-order valence-corrected chi connectivity index (χ2v) is 6.61. The predicted molar refractivity (Wildman–Crippen MR) is 96.4 cm³/mol. The van der Waals surface area contributed by atoms with Gasteiger partial charge in [-0.15, -0.1) is 0 Å². The minimum atomic E-state index is -0.306. The van der Waals surface area contributed by atoms with Crippen LogP contribution in [0.2, 0.25) is 0 Å². The highest BCUT2D eigenvalue weighted by Crippen LogP contribution is 2.21. The summed E-state index contributed by atoms with van der Waals surface area (Å²) in [4.78, 5) is 30.1. The van der Waals surface area contributed by atoms with Crippen molar-refractivity contribution in [1.29, 1.82) is 0 Å². The number of nitrogens with one attached hydrogen (secondary N) is 2. The summed E-state index contributed by atoms with van der Waals surface area (Å²) < 4.78 is 0. The molecule has 1 aliphatic carbocycles. The van der Waals surface area contributed by atoms with Gasteiger partial charge in [-0.2, -0.15) is 0 Å². The number of benzene rings is 1. The van der Waals surface area contributed by atoms with Gasteiger partial charge in [-0.05, 0) is 32.0 Å². The predicted octanol–water partition coefficient (Wildman–Crippen LogP) is 2.52. The number of aromatic amines is 1. The fourth-order valence-corrected chi connectivity index (χ4v) is 3.48. The van der Waals surface area contributed by atoms with Gasteiger partial charge in [0.1, 0.15) is 5.56 Å². The van der Waals surface area contributed by atoms with Crippen molar-refractivity contribution in [1.82, 2.24) is 15.2 Å². The lowest BCUT2D eigenvalue weighted by molar-refractivity contribution is 0.0943. The number of aromatic nitrogens is 1. The third-order valence-electron chi connectivity index (χ3n) is 4.98. The third kappa shape index (κ3) is 3.67. The van der Waals surface area contributed by atoms with Gasteiger partial charge in [0.15, 0.2) is 0 Å². The quantitative estimate of drug-likeness (QED) is 0.887. The number of amides is 1. The molecule has 0 spiro atoms. The van der Waals surface area contributed by atoms with E-state index in [4.69, 9.17) is 0 Å². The molecule has 3 rings (SSSR count). The Bertz CT molecular complexity index is 763. The summed E-state index contributed by atoms with van der Waals surface area (Å²) in [6.07, 6.45) is 7.93. The minimum Gasteiger partial charge on any atom is -0.360 e. The van der Waals surface area contributed by atoms with Crippen molar-refractivity contribution in [3.8, 4) is 0 Å². The molecule has 5 nitrogen and oxygen atoms in total. The Kier molecular flexibility index (Phi) is 5.30. The van der Waals surface area contributed by atoms with E-state index in [0.717, 1.165) is 12.1 Å². The number of H-pyrrole nitrogens is 1. The van der Waals surface area contributed by atoms with E-state index in [2.05, 4.69) is 22.2 Å². The van der Waals surface area contributed by atoms with Gasteiger partial charge in [0.25, 0.3) is 5.91 Å². The molecule has 1 aromatic heterocycles. The first-order chi connectivity index (χ1) is 11.7. The first kappa shape index (κ1) is 16.7. The molecule has 1 heterocycles.